The summed E-state index contributed by atoms with van der Waals surface area (Å²) in [6, 6.07) is 0. The zero-order valence-corrected chi connectivity index (χ0v) is 11.6. The van der Waals surface area contributed by atoms with Gasteiger partial charge in [-0.25, -0.2) is 9.59 Å². The van der Waals surface area contributed by atoms with E-state index in [1.807, 2.05) is 0 Å². The van der Waals surface area contributed by atoms with Crippen molar-refractivity contribution in [2.75, 3.05) is 6.61 Å². The van der Waals surface area contributed by atoms with Crippen molar-refractivity contribution < 1.29 is 28.6 Å². The molecule has 6 heteroatoms. The second-order valence-electron chi connectivity index (χ2n) is 6.45. The third-order valence-corrected chi connectivity index (χ3v) is 5.30. The fourth-order valence-corrected chi connectivity index (χ4v) is 4.55. The molecule has 4 fully saturated rings. The first kappa shape index (κ1) is 12.9. The lowest BCUT2D eigenvalue weighted by atomic mass is 9.94. The molecule has 7 atom stereocenters. The summed E-state index contributed by atoms with van der Waals surface area (Å²) in [5.74, 6) is 0.170. The largest absolute Gasteiger partial charge is 0.458 e. The van der Waals surface area contributed by atoms with E-state index in [4.69, 9.17) is 14.2 Å². The minimum absolute atomic E-state index is 0.00574. The van der Waals surface area contributed by atoms with Crippen molar-refractivity contribution in [3.8, 4) is 0 Å². The van der Waals surface area contributed by atoms with Crippen LogP contribution in [0.4, 0.5) is 0 Å². The second kappa shape index (κ2) is 4.08. The highest BCUT2D eigenvalue weighted by atomic mass is 16.6. The van der Waals surface area contributed by atoms with Gasteiger partial charge in [0.2, 0.25) is 0 Å². The van der Waals surface area contributed by atoms with Crippen molar-refractivity contribution in [1.29, 1.82) is 0 Å². The van der Waals surface area contributed by atoms with Gasteiger partial charge in [-0.1, -0.05) is 6.58 Å². The van der Waals surface area contributed by atoms with Crippen molar-refractivity contribution in [1.82, 2.24) is 0 Å². The lowest BCUT2D eigenvalue weighted by Crippen LogP contribution is -2.34. The Hall–Kier alpha value is -1.85. The van der Waals surface area contributed by atoms with Crippen molar-refractivity contribution in [2.45, 2.75) is 25.6 Å². The van der Waals surface area contributed by atoms with Crippen LogP contribution in [0.3, 0.4) is 0 Å². The molecule has 21 heavy (non-hydrogen) atoms. The normalized spacial score (nSPS) is 44.0. The summed E-state index contributed by atoms with van der Waals surface area (Å²) in [7, 11) is 0. The summed E-state index contributed by atoms with van der Waals surface area (Å²) in [6.07, 6.45) is 0.211. The Labute approximate surface area is 121 Å². The van der Waals surface area contributed by atoms with Crippen LogP contribution in [-0.4, -0.2) is 36.7 Å². The molecule has 7 unspecified atom stereocenters. The van der Waals surface area contributed by atoms with E-state index in [9.17, 15) is 14.4 Å². The van der Waals surface area contributed by atoms with Gasteiger partial charge in [0.15, 0.2) is 6.61 Å². The summed E-state index contributed by atoms with van der Waals surface area (Å²) < 4.78 is 15.6. The van der Waals surface area contributed by atoms with Crippen LogP contribution in [0.25, 0.3) is 0 Å². The van der Waals surface area contributed by atoms with Crippen LogP contribution in [0.1, 0.15) is 13.3 Å². The summed E-state index contributed by atoms with van der Waals surface area (Å²) >= 11 is 0. The van der Waals surface area contributed by atoms with E-state index in [-0.39, 0.29) is 35.6 Å². The van der Waals surface area contributed by atoms with E-state index in [0.29, 0.717) is 17.8 Å². The average molecular weight is 292 g/mol. The molecule has 3 saturated carbocycles. The number of carbonyl (C=O) groups is 3. The molecule has 0 spiro atoms. The van der Waals surface area contributed by atoms with Gasteiger partial charge in [0, 0.05) is 17.4 Å². The Morgan fingerprint density at radius 1 is 1.33 bits per heavy atom. The van der Waals surface area contributed by atoms with Crippen LogP contribution in [0, 0.1) is 29.6 Å². The van der Waals surface area contributed by atoms with E-state index in [1.165, 1.54) is 6.92 Å². The molecule has 0 aromatic rings. The Morgan fingerprint density at radius 3 is 2.81 bits per heavy atom. The summed E-state index contributed by atoms with van der Waals surface area (Å²) in [4.78, 5) is 34.8. The first-order valence-electron chi connectivity index (χ1n) is 7.21. The van der Waals surface area contributed by atoms with Crippen LogP contribution in [0.2, 0.25) is 0 Å². The molecule has 0 aromatic heterocycles. The molecule has 0 bridgehead atoms. The minimum atomic E-state index is -0.616. The Balaban J connectivity index is 1.38. The second-order valence-corrected chi connectivity index (χ2v) is 6.45. The molecule has 6 nitrogen and oxygen atoms in total. The Bertz CT molecular complexity index is 567. The van der Waals surface area contributed by atoms with Gasteiger partial charge in [0.1, 0.15) is 12.2 Å². The molecule has 0 N–H and O–H groups in total. The van der Waals surface area contributed by atoms with Crippen molar-refractivity contribution >= 4 is 17.9 Å². The zero-order chi connectivity index (χ0) is 14.9. The Kier molecular flexibility index (Phi) is 2.50. The SMILES string of the molecule is C=C(C)C(=O)OCC(=O)OC1C2OC(=O)C3CC4C1C4C32. The fourth-order valence-electron chi connectivity index (χ4n) is 4.55. The summed E-state index contributed by atoms with van der Waals surface area (Å²) in [5, 5.41) is 0. The van der Waals surface area contributed by atoms with E-state index in [1.54, 1.807) is 0 Å². The zero-order valence-electron chi connectivity index (χ0n) is 11.6. The summed E-state index contributed by atoms with van der Waals surface area (Å²) in [6.45, 7) is 4.52. The number of hydrogen-bond acceptors (Lipinski definition) is 6. The third-order valence-electron chi connectivity index (χ3n) is 5.30. The molecule has 1 saturated heterocycles. The van der Waals surface area contributed by atoms with Crippen LogP contribution in [0.15, 0.2) is 12.2 Å². The van der Waals surface area contributed by atoms with Crippen molar-refractivity contribution in [2.24, 2.45) is 29.6 Å². The van der Waals surface area contributed by atoms with Gasteiger partial charge in [-0.3, -0.25) is 4.79 Å². The van der Waals surface area contributed by atoms with Crippen LogP contribution in [0.5, 0.6) is 0 Å². The van der Waals surface area contributed by atoms with Crippen LogP contribution in [-0.2, 0) is 28.6 Å². The maximum atomic E-state index is 11.8. The number of esters is 3. The fraction of sp³-hybridized carbons (Fsp3) is 0.667. The highest BCUT2D eigenvalue weighted by Gasteiger charge is 2.78. The van der Waals surface area contributed by atoms with E-state index in [0.717, 1.165) is 6.42 Å². The number of ether oxygens (including phenoxy) is 3. The topological polar surface area (TPSA) is 78.9 Å². The van der Waals surface area contributed by atoms with Gasteiger partial charge in [-0.05, 0) is 25.2 Å². The molecule has 1 heterocycles. The molecule has 0 radical (unpaired) electrons. The maximum Gasteiger partial charge on any atom is 0.344 e. The Morgan fingerprint density at radius 2 is 2.10 bits per heavy atom. The maximum absolute atomic E-state index is 11.8. The highest BCUT2D eigenvalue weighted by molar-refractivity contribution is 5.88. The standard InChI is InChI=1S/C15H16O6/c1-5(2)14(17)19-4-8(16)20-12-10-6-3-7-11(9(6)10)13(12)21-15(7)18/h6-7,9-13H,1,3-4H2,2H3. The van der Waals surface area contributed by atoms with E-state index in [2.05, 4.69) is 6.58 Å². The molecular formula is C15H16O6. The van der Waals surface area contributed by atoms with Crippen molar-refractivity contribution in [3.63, 3.8) is 0 Å². The molecular weight excluding hydrogens is 276 g/mol. The number of fused-ring (bicyclic) bond motifs is 1. The smallest absolute Gasteiger partial charge is 0.344 e. The predicted molar refractivity (Wildman–Crippen MR) is 67.6 cm³/mol. The highest BCUT2D eigenvalue weighted by Crippen LogP contribution is 2.73. The predicted octanol–water partition coefficient (Wildman–Crippen LogP) is 0.455. The number of rotatable bonds is 4. The first-order chi connectivity index (χ1) is 9.99. The van der Waals surface area contributed by atoms with Gasteiger partial charge in [0.05, 0.1) is 5.92 Å². The third kappa shape index (κ3) is 1.68. The minimum Gasteiger partial charge on any atom is -0.458 e. The van der Waals surface area contributed by atoms with Gasteiger partial charge in [-0.2, -0.15) is 0 Å². The van der Waals surface area contributed by atoms with E-state index < -0.39 is 18.5 Å². The van der Waals surface area contributed by atoms with Crippen LogP contribution >= 0.6 is 0 Å². The first-order valence-corrected chi connectivity index (χ1v) is 7.21. The lowest BCUT2D eigenvalue weighted by molar-refractivity contribution is -0.170. The average Bonchev–Trinajstić information content (AvgIpc) is 2.72. The number of carbonyl (C=O) groups excluding carboxylic acids is 3. The quantitative estimate of drug-likeness (QED) is 0.425. The molecule has 4 aliphatic rings. The van der Waals surface area contributed by atoms with Gasteiger partial charge in [-0.15, -0.1) is 0 Å². The lowest BCUT2D eigenvalue weighted by Gasteiger charge is -2.22. The van der Waals surface area contributed by atoms with Gasteiger partial charge in [0.25, 0.3) is 0 Å². The molecule has 1 aliphatic heterocycles. The van der Waals surface area contributed by atoms with Gasteiger partial charge < -0.3 is 14.2 Å². The summed E-state index contributed by atoms with van der Waals surface area (Å²) in [5.41, 5.74) is 0.233. The number of hydrogen-bond donors (Lipinski definition) is 0. The molecule has 0 aromatic carbocycles. The van der Waals surface area contributed by atoms with E-state index >= 15 is 0 Å². The van der Waals surface area contributed by atoms with Gasteiger partial charge >= 0.3 is 17.9 Å². The van der Waals surface area contributed by atoms with Crippen molar-refractivity contribution in [3.05, 3.63) is 12.2 Å². The molecule has 112 valence electrons. The molecule has 3 aliphatic carbocycles. The molecule has 0 amide bonds. The monoisotopic (exact) mass is 292 g/mol. The molecule has 4 rings (SSSR count). The van der Waals surface area contributed by atoms with Crippen LogP contribution < -0.4 is 0 Å².